The monoisotopic (exact) mass is 227 g/mol. The number of nitrogens with one attached hydrogen (secondary N) is 1. The predicted octanol–water partition coefficient (Wildman–Crippen LogP) is 1.72. The van der Waals surface area contributed by atoms with Crippen LogP contribution in [0.15, 0.2) is 0 Å². The van der Waals surface area contributed by atoms with E-state index in [0.717, 1.165) is 25.7 Å². The highest BCUT2D eigenvalue weighted by molar-refractivity contribution is 7.89. The fraction of sp³-hybridized carbons (Fsp3) is 1.00. The summed E-state index contributed by atoms with van der Waals surface area (Å²) in [6.07, 6.45) is 3.31. The van der Waals surface area contributed by atoms with Gasteiger partial charge in [-0.05, 0) is 19.3 Å². The van der Waals surface area contributed by atoms with E-state index in [1.807, 2.05) is 6.92 Å². The highest BCUT2D eigenvalue weighted by atomic mass is 35.5. The zero-order valence-electron chi connectivity index (χ0n) is 8.05. The minimum atomic E-state index is -3.02. The van der Waals surface area contributed by atoms with Crippen LogP contribution in [-0.2, 0) is 10.0 Å². The van der Waals surface area contributed by atoms with Gasteiger partial charge in [0.15, 0.2) is 0 Å². The van der Waals surface area contributed by atoms with E-state index >= 15 is 0 Å². The summed E-state index contributed by atoms with van der Waals surface area (Å²) in [7, 11) is -3.02. The lowest BCUT2D eigenvalue weighted by molar-refractivity contribution is 0.575. The number of hydrogen-bond donors (Lipinski definition) is 1. The Kier molecular flexibility index (Phi) is 7.71. The van der Waals surface area contributed by atoms with Crippen LogP contribution in [0.5, 0.6) is 0 Å². The van der Waals surface area contributed by atoms with Gasteiger partial charge in [0.2, 0.25) is 10.0 Å². The second-order valence-electron chi connectivity index (χ2n) is 2.96. The SMILES string of the molecule is CCCCS(=O)(=O)NCCCCCl. The molecule has 0 aromatic rings. The molecule has 0 fully saturated rings. The van der Waals surface area contributed by atoms with E-state index in [2.05, 4.69) is 4.72 Å². The van der Waals surface area contributed by atoms with Crippen molar-refractivity contribution >= 4 is 21.6 Å². The molecule has 0 bridgehead atoms. The highest BCUT2D eigenvalue weighted by Gasteiger charge is 2.07. The summed E-state index contributed by atoms with van der Waals surface area (Å²) in [5.41, 5.74) is 0. The third-order valence-corrected chi connectivity index (χ3v) is 3.39. The van der Waals surface area contributed by atoms with E-state index in [1.165, 1.54) is 0 Å². The Labute approximate surface area is 85.9 Å². The maximum absolute atomic E-state index is 11.2. The van der Waals surface area contributed by atoms with E-state index < -0.39 is 10.0 Å². The van der Waals surface area contributed by atoms with Crippen LogP contribution in [0.2, 0.25) is 0 Å². The van der Waals surface area contributed by atoms with Crippen molar-refractivity contribution in [2.45, 2.75) is 32.6 Å². The van der Waals surface area contributed by atoms with Gasteiger partial charge in [-0.1, -0.05) is 13.3 Å². The van der Waals surface area contributed by atoms with E-state index in [-0.39, 0.29) is 5.75 Å². The lowest BCUT2D eigenvalue weighted by Gasteiger charge is -2.04. The first-order valence-corrected chi connectivity index (χ1v) is 6.84. The minimum Gasteiger partial charge on any atom is -0.215 e. The van der Waals surface area contributed by atoms with Gasteiger partial charge in [0, 0.05) is 12.4 Å². The largest absolute Gasteiger partial charge is 0.215 e. The summed E-state index contributed by atoms with van der Waals surface area (Å²) in [5.74, 6) is 0.834. The van der Waals surface area contributed by atoms with Crippen molar-refractivity contribution in [2.24, 2.45) is 0 Å². The molecule has 0 saturated carbocycles. The fourth-order valence-corrected chi connectivity index (χ4v) is 2.31. The topological polar surface area (TPSA) is 46.2 Å². The van der Waals surface area contributed by atoms with E-state index in [9.17, 15) is 8.42 Å². The molecule has 0 radical (unpaired) electrons. The van der Waals surface area contributed by atoms with Crippen LogP contribution in [-0.4, -0.2) is 26.6 Å². The molecule has 0 saturated heterocycles. The molecule has 0 aliphatic heterocycles. The molecule has 0 aliphatic rings. The lowest BCUT2D eigenvalue weighted by atomic mass is 10.3. The first kappa shape index (κ1) is 13.2. The smallest absolute Gasteiger partial charge is 0.211 e. The van der Waals surface area contributed by atoms with Crippen molar-refractivity contribution in [1.82, 2.24) is 4.72 Å². The maximum Gasteiger partial charge on any atom is 0.211 e. The van der Waals surface area contributed by atoms with Gasteiger partial charge >= 0.3 is 0 Å². The Balaban J connectivity index is 3.52. The molecule has 0 unspecified atom stereocenters. The molecule has 0 aliphatic carbocycles. The van der Waals surface area contributed by atoms with Crippen LogP contribution in [0.25, 0.3) is 0 Å². The van der Waals surface area contributed by atoms with Crippen molar-refractivity contribution in [1.29, 1.82) is 0 Å². The summed E-state index contributed by atoms with van der Waals surface area (Å²) >= 11 is 5.46. The van der Waals surface area contributed by atoms with Gasteiger partial charge in [-0.3, -0.25) is 0 Å². The number of unbranched alkanes of at least 4 members (excludes halogenated alkanes) is 2. The van der Waals surface area contributed by atoms with Gasteiger partial charge in [0.25, 0.3) is 0 Å². The van der Waals surface area contributed by atoms with Crippen molar-refractivity contribution in [3.8, 4) is 0 Å². The quantitative estimate of drug-likeness (QED) is 0.507. The number of sulfonamides is 1. The molecule has 3 nitrogen and oxygen atoms in total. The second kappa shape index (κ2) is 7.59. The minimum absolute atomic E-state index is 0.240. The molecule has 0 aromatic heterocycles. The molecule has 0 aromatic carbocycles. The van der Waals surface area contributed by atoms with Crippen molar-refractivity contribution in [3.63, 3.8) is 0 Å². The van der Waals surface area contributed by atoms with E-state index in [0.29, 0.717) is 12.4 Å². The summed E-state index contributed by atoms with van der Waals surface area (Å²) in [5, 5.41) is 0. The first-order chi connectivity index (χ1) is 6.12. The number of alkyl halides is 1. The molecule has 1 N–H and O–H groups in total. The summed E-state index contributed by atoms with van der Waals surface area (Å²) in [6, 6.07) is 0. The standard InChI is InChI=1S/C8H18ClNO2S/c1-2-3-8-13(11,12)10-7-5-4-6-9/h10H,2-8H2,1H3. The Morgan fingerprint density at radius 3 is 2.46 bits per heavy atom. The molecular weight excluding hydrogens is 210 g/mol. The number of hydrogen-bond acceptors (Lipinski definition) is 2. The van der Waals surface area contributed by atoms with Crippen LogP contribution in [0.4, 0.5) is 0 Å². The number of rotatable bonds is 8. The second-order valence-corrected chi connectivity index (χ2v) is 5.27. The molecule has 0 rings (SSSR count). The maximum atomic E-state index is 11.2. The van der Waals surface area contributed by atoms with Gasteiger partial charge in [0.05, 0.1) is 5.75 Å². The van der Waals surface area contributed by atoms with Gasteiger partial charge in [-0.25, -0.2) is 13.1 Å². The average molecular weight is 228 g/mol. The molecule has 5 heteroatoms. The van der Waals surface area contributed by atoms with Gasteiger partial charge in [0.1, 0.15) is 0 Å². The van der Waals surface area contributed by atoms with E-state index in [4.69, 9.17) is 11.6 Å². The Bertz CT molecular complexity index is 204. The van der Waals surface area contributed by atoms with Crippen molar-refractivity contribution < 1.29 is 8.42 Å². The van der Waals surface area contributed by atoms with E-state index in [1.54, 1.807) is 0 Å². The molecule has 80 valence electrons. The molecule has 0 heterocycles. The number of halogens is 1. The lowest BCUT2D eigenvalue weighted by Crippen LogP contribution is -2.27. The summed E-state index contributed by atoms with van der Waals surface area (Å²) < 4.78 is 25.0. The van der Waals surface area contributed by atoms with Crippen LogP contribution >= 0.6 is 11.6 Å². The predicted molar refractivity (Wildman–Crippen MR) is 56.7 cm³/mol. The van der Waals surface area contributed by atoms with Gasteiger partial charge in [-0.15, -0.1) is 11.6 Å². The average Bonchev–Trinajstić information content (AvgIpc) is 2.09. The van der Waals surface area contributed by atoms with Gasteiger partial charge < -0.3 is 0 Å². The Morgan fingerprint density at radius 1 is 1.23 bits per heavy atom. The van der Waals surface area contributed by atoms with Crippen molar-refractivity contribution in [2.75, 3.05) is 18.2 Å². The molecule has 0 amide bonds. The van der Waals surface area contributed by atoms with Crippen molar-refractivity contribution in [3.05, 3.63) is 0 Å². The van der Waals surface area contributed by atoms with Crippen LogP contribution < -0.4 is 4.72 Å². The normalized spacial score (nSPS) is 11.8. The van der Waals surface area contributed by atoms with Crippen LogP contribution in [0.1, 0.15) is 32.6 Å². The highest BCUT2D eigenvalue weighted by Crippen LogP contribution is 1.95. The zero-order valence-corrected chi connectivity index (χ0v) is 9.62. The first-order valence-electron chi connectivity index (χ1n) is 4.65. The van der Waals surface area contributed by atoms with Gasteiger partial charge in [-0.2, -0.15) is 0 Å². The molecule has 0 spiro atoms. The Morgan fingerprint density at radius 2 is 1.92 bits per heavy atom. The zero-order chi connectivity index (χ0) is 10.2. The third kappa shape index (κ3) is 8.53. The summed E-state index contributed by atoms with van der Waals surface area (Å²) in [6.45, 7) is 2.49. The summed E-state index contributed by atoms with van der Waals surface area (Å²) in [4.78, 5) is 0. The van der Waals surface area contributed by atoms with Crippen LogP contribution in [0.3, 0.4) is 0 Å². The Hall–Kier alpha value is 0.200. The molecular formula is C8H18ClNO2S. The molecule has 0 atom stereocenters. The fourth-order valence-electron chi connectivity index (χ4n) is 0.854. The van der Waals surface area contributed by atoms with Crippen LogP contribution in [0, 0.1) is 0 Å². The third-order valence-electron chi connectivity index (χ3n) is 1.65. The molecule has 13 heavy (non-hydrogen) atoms.